The number of rotatable bonds is 6. The lowest BCUT2D eigenvalue weighted by Gasteiger charge is -2.32. The molecule has 7 nitrogen and oxygen atoms in total. The minimum atomic E-state index is -4.33. The van der Waals surface area contributed by atoms with E-state index in [0.29, 0.717) is 16.2 Å². The summed E-state index contributed by atoms with van der Waals surface area (Å²) in [5, 5.41) is 11.0. The van der Waals surface area contributed by atoms with Crippen molar-refractivity contribution >= 4 is 68.2 Å². The minimum absolute atomic E-state index is 0.118. The third-order valence-corrected chi connectivity index (χ3v) is 8.59. The van der Waals surface area contributed by atoms with Gasteiger partial charge in [0.05, 0.1) is 21.8 Å². The van der Waals surface area contributed by atoms with Gasteiger partial charge in [-0.25, -0.2) is 8.42 Å². The van der Waals surface area contributed by atoms with Crippen molar-refractivity contribution in [1.29, 1.82) is 0 Å². The molecule has 1 saturated heterocycles. The zero-order chi connectivity index (χ0) is 25.8. The van der Waals surface area contributed by atoms with E-state index in [1.54, 1.807) is 24.3 Å². The molecule has 3 aromatic rings. The fourth-order valence-corrected chi connectivity index (χ4v) is 6.10. The smallest absolute Gasteiger partial charge is 0.480 e. The van der Waals surface area contributed by atoms with Crippen molar-refractivity contribution in [3.63, 3.8) is 0 Å². The van der Waals surface area contributed by atoms with Crippen LogP contribution in [0.2, 0.25) is 10.0 Å². The van der Waals surface area contributed by atoms with Crippen LogP contribution < -0.4 is 9.77 Å². The van der Waals surface area contributed by atoms with E-state index in [-0.39, 0.29) is 20.6 Å². The molecule has 4 rings (SSSR count). The summed E-state index contributed by atoms with van der Waals surface area (Å²) in [5.74, 6) is -1.32. The summed E-state index contributed by atoms with van der Waals surface area (Å²) in [7, 11) is -5.02. The molecule has 0 aliphatic carbocycles. The Labute approximate surface area is 214 Å². The van der Waals surface area contributed by atoms with E-state index in [0.717, 1.165) is 4.31 Å². The molecule has 35 heavy (non-hydrogen) atoms. The van der Waals surface area contributed by atoms with Crippen LogP contribution in [-0.4, -0.2) is 44.4 Å². The summed E-state index contributed by atoms with van der Waals surface area (Å²) in [6.07, 6.45) is 0. The molecule has 0 saturated carbocycles. The number of sulfonamides is 1. The Morgan fingerprint density at radius 2 is 1.49 bits per heavy atom. The van der Waals surface area contributed by atoms with Gasteiger partial charge in [-0.2, -0.15) is 0 Å². The van der Waals surface area contributed by atoms with Crippen LogP contribution in [0.25, 0.3) is 10.8 Å². The molecule has 1 heterocycles. The molecule has 1 aliphatic rings. The Balaban J connectivity index is 1.89. The Morgan fingerprint density at radius 3 is 2.06 bits per heavy atom. The van der Waals surface area contributed by atoms with E-state index in [1.165, 1.54) is 18.2 Å². The third-order valence-electron chi connectivity index (χ3n) is 6.41. The highest BCUT2D eigenvalue weighted by Crippen LogP contribution is 2.38. The quantitative estimate of drug-likeness (QED) is 0.459. The van der Waals surface area contributed by atoms with Gasteiger partial charge in [0, 0.05) is 15.4 Å². The molecule has 0 unspecified atom stereocenters. The summed E-state index contributed by atoms with van der Waals surface area (Å²) in [6.45, 7) is 6.98. The maximum atomic E-state index is 13.6. The van der Waals surface area contributed by atoms with E-state index in [9.17, 15) is 18.3 Å². The van der Waals surface area contributed by atoms with E-state index in [2.05, 4.69) is 0 Å². The van der Waals surface area contributed by atoms with Crippen LogP contribution in [0.5, 0.6) is 0 Å². The van der Waals surface area contributed by atoms with Crippen LogP contribution in [-0.2, 0) is 24.1 Å². The lowest BCUT2D eigenvalue weighted by molar-refractivity contribution is -0.135. The summed E-state index contributed by atoms with van der Waals surface area (Å²) < 4.78 is 40.5. The zero-order valence-electron chi connectivity index (χ0n) is 19.6. The highest BCUT2D eigenvalue weighted by atomic mass is 35.5. The Morgan fingerprint density at radius 1 is 0.943 bits per heavy atom. The predicted molar refractivity (Wildman–Crippen MR) is 138 cm³/mol. The zero-order valence-corrected chi connectivity index (χ0v) is 21.9. The topological polar surface area (TPSA) is 93.1 Å². The molecule has 11 heteroatoms. The highest BCUT2D eigenvalue weighted by Gasteiger charge is 2.52. The fourth-order valence-electron chi connectivity index (χ4n) is 3.94. The van der Waals surface area contributed by atoms with Gasteiger partial charge < -0.3 is 14.4 Å². The fraction of sp³-hybridized carbons (Fsp3) is 0.292. The van der Waals surface area contributed by atoms with Crippen LogP contribution in [0, 0.1) is 0 Å². The Hall–Kier alpha value is -2.30. The second-order valence-electron chi connectivity index (χ2n) is 9.32. The number of carboxylic acids is 1. The normalized spacial score (nSPS) is 17.0. The average Bonchev–Trinajstić information content (AvgIpc) is 2.97. The molecule has 0 radical (unpaired) electrons. The van der Waals surface area contributed by atoms with Crippen LogP contribution in [0.1, 0.15) is 27.7 Å². The van der Waals surface area contributed by atoms with Gasteiger partial charge in [0.2, 0.25) is 0 Å². The van der Waals surface area contributed by atoms with Gasteiger partial charge >= 0.3 is 13.1 Å². The summed E-state index contributed by atoms with van der Waals surface area (Å²) in [6, 6.07) is 14.3. The van der Waals surface area contributed by atoms with Crippen LogP contribution >= 0.6 is 23.2 Å². The number of hydrogen-bond donors (Lipinski definition) is 1. The molecule has 3 aromatic carbocycles. The Bertz CT molecular complexity index is 1390. The number of hydrogen-bond acceptors (Lipinski definition) is 5. The molecule has 1 N–H and O–H groups in total. The number of aliphatic carboxylic acids is 1. The van der Waals surface area contributed by atoms with Gasteiger partial charge in [-0.3, -0.25) is 9.10 Å². The monoisotopic (exact) mass is 535 g/mol. The lowest BCUT2D eigenvalue weighted by Crippen LogP contribution is -2.41. The summed E-state index contributed by atoms with van der Waals surface area (Å²) in [5.41, 5.74) is -0.231. The van der Waals surface area contributed by atoms with E-state index >= 15 is 0 Å². The van der Waals surface area contributed by atoms with E-state index in [4.69, 9.17) is 32.5 Å². The third kappa shape index (κ3) is 4.75. The largest absolute Gasteiger partial charge is 0.495 e. The minimum Gasteiger partial charge on any atom is -0.480 e. The summed E-state index contributed by atoms with van der Waals surface area (Å²) in [4.78, 5) is 11.5. The van der Waals surface area contributed by atoms with Crippen molar-refractivity contribution in [2.75, 3.05) is 10.8 Å². The summed E-state index contributed by atoms with van der Waals surface area (Å²) >= 11 is 12.1. The van der Waals surface area contributed by atoms with Crippen molar-refractivity contribution in [2.24, 2.45) is 0 Å². The molecule has 0 aromatic heterocycles. The molecule has 1 fully saturated rings. The Kier molecular flexibility index (Phi) is 6.61. The number of carbonyl (C=O) groups is 1. The van der Waals surface area contributed by atoms with Crippen molar-refractivity contribution in [2.45, 2.75) is 43.8 Å². The van der Waals surface area contributed by atoms with Gasteiger partial charge in [0.15, 0.2) is 0 Å². The van der Waals surface area contributed by atoms with Gasteiger partial charge in [-0.15, -0.1) is 0 Å². The number of nitrogens with zero attached hydrogens (tertiary/aromatic N) is 1. The first-order valence-corrected chi connectivity index (χ1v) is 13.0. The first-order valence-electron chi connectivity index (χ1n) is 10.8. The van der Waals surface area contributed by atoms with Gasteiger partial charge in [0.25, 0.3) is 10.0 Å². The molecular formula is C24H24BCl2NO6S. The number of carboxylic acid groups (broad SMARTS) is 1. The van der Waals surface area contributed by atoms with E-state index in [1.807, 2.05) is 39.8 Å². The molecule has 1 aliphatic heterocycles. The number of benzene rings is 3. The van der Waals surface area contributed by atoms with E-state index < -0.39 is 40.9 Å². The first kappa shape index (κ1) is 25.8. The van der Waals surface area contributed by atoms with Crippen LogP contribution in [0.4, 0.5) is 5.69 Å². The second-order valence-corrected chi connectivity index (χ2v) is 12.1. The number of fused-ring (bicyclic) bond motifs is 1. The lowest BCUT2D eigenvalue weighted by atomic mass is 9.76. The molecule has 0 atom stereocenters. The molecule has 0 bridgehead atoms. The number of halogens is 2. The van der Waals surface area contributed by atoms with Crippen molar-refractivity contribution in [3.8, 4) is 0 Å². The van der Waals surface area contributed by atoms with Gasteiger partial charge in [0.1, 0.15) is 6.54 Å². The van der Waals surface area contributed by atoms with Crippen molar-refractivity contribution in [3.05, 3.63) is 64.6 Å². The molecular weight excluding hydrogens is 512 g/mol. The van der Waals surface area contributed by atoms with Gasteiger partial charge in [-0.1, -0.05) is 53.5 Å². The maximum absolute atomic E-state index is 13.6. The molecule has 0 amide bonds. The second kappa shape index (κ2) is 8.98. The molecule has 0 spiro atoms. The average molecular weight is 536 g/mol. The predicted octanol–water partition coefficient (Wildman–Crippen LogP) is 4.73. The highest BCUT2D eigenvalue weighted by molar-refractivity contribution is 7.93. The number of anilines is 1. The van der Waals surface area contributed by atoms with Crippen LogP contribution in [0.3, 0.4) is 0 Å². The SMILES string of the molecule is CC1(C)OB(c2cccc3c(N(CC(=O)O)S(=O)(=O)c4cc(Cl)cc(Cl)c4)cccc23)OC1(C)C. The van der Waals surface area contributed by atoms with Gasteiger partial charge in [-0.05, 0) is 62.8 Å². The van der Waals surface area contributed by atoms with Crippen molar-refractivity contribution < 1.29 is 27.6 Å². The van der Waals surface area contributed by atoms with Crippen LogP contribution in [0.15, 0.2) is 59.5 Å². The molecule has 184 valence electrons. The van der Waals surface area contributed by atoms with Crippen molar-refractivity contribution in [1.82, 2.24) is 0 Å². The standard InChI is InChI=1S/C24H24BCl2NO6S/c1-23(2)24(3,4)34-25(33-23)20-9-5-8-19-18(20)7-6-10-21(19)28(14-22(29)30)35(31,32)17-12-15(26)11-16(27)13-17/h5-13H,14H2,1-4H3,(H,29,30). The maximum Gasteiger partial charge on any atom is 0.495 e. The first-order chi connectivity index (χ1) is 16.2.